The number of hydrogen-bond acceptors (Lipinski definition) is 0. The summed E-state index contributed by atoms with van der Waals surface area (Å²) in [5.41, 5.74) is 11.6. The minimum absolute atomic E-state index is 0.898. The first-order chi connectivity index (χ1) is 16.2. The highest BCUT2D eigenvalue weighted by molar-refractivity contribution is 5.75. The second kappa shape index (κ2) is 8.82. The Kier molecular flexibility index (Phi) is 5.54. The van der Waals surface area contributed by atoms with Crippen LogP contribution in [-0.2, 0) is 12.8 Å². The summed E-state index contributed by atoms with van der Waals surface area (Å²) in [6.45, 7) is 4.52. The number of rotatable bonds is 6. The Morgan fingerprint density at radius 1 is 0.939 bits per heavy atom. The fraction of sp³-hybridized carbons (Fsp3) is 0.333. The number of benzene rings is 2. The highest BCUT2D eigenvalue weighted by Crippen LogP contribution is 2.39. The largest absolute Gasteiger partial charge is 0.0952 e. The molecule has 0 unspecified atom stereocenters. The maximum atomic E-state index is 4.52. The van der Waals surface area contributed by atoms with Crippen molar-refractivity contribution in [1.82, 2.24) is 0 Å². The highest BCUT2D eigenvalue weighted by Gasteiger charge is 2.22. The molecule has 0 aliphatic heterocycles. The van der Waals surface area contributed by atoms with E-state index in [4.69, 9.17) is 0 Å². The maximum Gasteiger partial charge on any atom is -0.00137 e. The van der Waals surface area contributed by atoms with Crippen molar-refractivity contribution in [2.24, 2.45) is 5.92 Å². The summed E-state index contributed by atoms with van der Waals surface area (Å²) in [6, 6.07) is 16.0. The van der Waals surface area contributed by atoms with Gasteiger partial charge >= 0.3 is 0 Å². The van der Waals surface area contributed by atoms with Gasteiger partial charge in [-0.05, 0) is 93.0 Å². The molecule has 0 spiro atoms. The zero-order valence-electron chi connectivity index (χ0n) is 19.7. The summed E-state index contributed by atoms with van der Waals surface area (Å²) in [5.74, 6) is 0.898. The van der Waals surface area contributed by atoms with Crippen LogP contribution in [0.3, 0.4) is 0 Å². The van der Waals surface area contributed by atoms with Gasteiger partial charge in [-0.15, -0.1) is 0 Å². The minimum atomic E-state index is 0.898. The van der Waals surface area contributed by atoms with Crippen LogP contribution in [0.5, 0.6) is 0 Å². The predicted molar refractivity (Wildman–Crippen MR) is 141 cm³/mol. The van der Waals surface area contributed by atoms with Gasteiger partial charge in [0.15, 0.2) is 0 Å². The minimum Gasteiger partial charge on any atom is -0.0952 e. The summed E-state index contributed by atoms with van der Waals surface area (Å²) in [4.78, 5) is 0. The first-order valence-corrected chi connectivity index (χ1v) is 12.9. The van der Waals surface area contributed by atoms with Crippen molar-refractivity contribution >= 4 is 17.7 Å². The van der Waals surface area contributed by atoms with Crippen molar-refractivity contribution in [2.45, 2.75) is 64.2 Å². The zero-order valence-corrected chi connectivity index (χ0v) is 19.7. The lowest BCUT2D eigenvalue weighted by Gasteiger charge is -2.21. The molecule has 0 saturated heterocycles. The quantitative estimate of drug-likeness (QED) is 0.463. The summed E-state index contributed by atoms with van der Waals surface area (Å²) >= 11 is 0. The van der Waals surface area contributed by atoms with Crippen LogP contribution < -0.4 is 10.4 Å². The molecule has 2 aromatic carbocycles. The Hall–Kier alpha value is -2.86. The van der Waals surface area contributed by atoms with Crippen molar-refractivity contribution in [1.29, 1.82) is 0 Å². The van der Waals surface area contributed by atoms with E-state index in [-0.39, 0.29) is 0 Å². The summed E-state index contributed by atoms with van der Waals surface area (Å²) in [6.07, 6.45) is 22.2. The molecule has 0 amide bonds. The van der Waals surface area contributed by atoms with Crippen LogP contribution in [0, 0.1) is 5.92 Å². The van der Waals surface area contributed by atoms with Gasteiger partial charge in [-0.2, -0.15) is 0 Å². The molecule has 2 aromatic rings. The van der Waals surface area contributed by atoms with Gasteiger partial charge in [0.1, 0.15) is 0 Å². The molecule has 1 fully saturated rings. The molecule has 0 heterocycles. The Labute approximate surface area is 198 Å². The van der Waals surface area contributed by atoms with E-state index in [2.05, 4.69) is 73.3 Å². The third-order valence-corrected chi connectivity index (χ3v) is 8.19. The van der Waals surface area contributed by atoms with Gasteiger partial charge in [-0.3, -0.25) is 0 Å². The smallest absolute Gasteiger partial charge is 0.00137 e. The Morgan fingerprint density at radius 2 is 1.82 bits per heavy atom. The van der Waals surface area contributed by atoms with Crippen LogP contribution in [-0.4, -0.2) is 0 Å². The van der Waals surface area contributed by atoms with Crippen molar-refractivity contribution in [3.05, 3.63) is 111 Å². The van der Waals surface area contributed by atoms with Crippen LogP contribution in [0.1, 0.15) is 68.1 Å². The fourth-order valence-electron chi connectivity index (χ4n) is 6.42. The van der Waals surface area contributed by atoms with Crippen molar-refractivity contribution in [2.75, 3.05) is 0 Å². The van der Waals surface area contributed by atoms with E-state index < -0.39 is 0 Å². The molecule has 6 rings (SSSR count). The summed E-state index contributed by atoms with van der Waals surface area (Å²) in [5, 5.41) is 2.74. The van der Waals surface area contributed by atoms with Crippen LogP contribution in [0.2, 0.25) is 0 Å². The van der Waals surface area contributed by atoms with Gasteiger partial charge in [-0.1, -0.05) is 105 Å². The predicted octanol–water partition coefficient (Wildman–Crippen LogP) is 6.99. The van der Waals surface area contributed by atoms with E-state index in [1.165, 1.54) is 93.5 Å². The van der Waals surface area contributed by atoms with Gasteiger partial charge in [0.05, 0.1) is 0 Å². The molecule has 166 valence electrons. The van der Waals surface area contributed by atoms with E-state index in [1.807, 2.05) is 0 Å². The van der Waals surface area contributed by atoms with Gasteiger partial charge in [0, 0.05) is 0 Å². The molecule has 33 heavy (non-hydrogen) atoms. The van der Waals surface area contributed by atoms with Crippen molar-refractivity contribution in [3.63, 3.8) is 0 Å². The fourth-order valence-corrected chi connectivity index (χ4v) is 6.42. The Balaban J connectivity index is 1.18. The van der Waals surface area contributed by atoms with E-state index in [1.54, 1.807) is 0 Å². The van der Waals surface area contributed by atoms with Gasteiger partial charge < -0.3 is 0 Å². The Bertz CT molecular complexity index is 1320. The molecule has 0 atom stereocenters. The third kappa shape index (κ3) is 4.12. The molecule has 0 aromatic heterocycles. The summed E-state index contributed by atoms with van der Waals surface area (Å²) in [7, 11) is 0. The lowest BCUT2D eigenvalue weighted by atomic mass is 9.84. The van der Waals surface area contributed by atoms with Crippen molar-refractivity contribution < 1.29 is 0 Å². The van der Waals surface area contributed by atoms with Crippen LogP contribution in [0.15, 0.2) is 83.5 Å². The number of fused-ring (bicyclic) bond motifs is 2. The van der Waals surface area contributed by atoms with Gasteiger partial charge in [0.2, 0.25) is 0 Å². The van der Waals surface area contributed by atoms with Crippen molar-refractivity contribution in [3.8, 4) is 0 Å². The van der Waals surface area contributed by atoms with Gasteiger partial charge in [-0.25, -0.2) is 0 Å². The average molecular weight is 431 g/mol. The van der Waals surface area contributed by atoms with Crippen LogP contribution >= 0.6 is 0 Å². The van der Waals surface area contributed by atoms with Crippen LogP contribution in [0.4, 0.5) is 0 Å². The molecular formula is C33H34. The SMILES string of the molecule is C=C(CC1=CCC=C1C1=Cc2cc(CC3CCCCC3)ccc2C1)C1=c2ccccc2=CC1. The molecule has 1 saturated carbocycles. The second-order valence-electron chi connectivity index (χ2n) is 10.4. The summed E-state index contributed by atoms with van der Waals surface area (Å²) < 4.78 is 0. The second-order valence-corrected chi connectivity index (χ2v) is 10.4. The molecule has 0 N–H and O–H groups in total. The van der Waals surface area contributed by atoms with Gasteiger partial charge in [0.25, 0.3) is 0 Å². The number of hydrogen-bond donors (Lipinski definition) is 0. The lowest BCUT2D eigenvalue weighted by Crippen LogP contribution is -2.22. The topological polar surface area (TPSA) is 0 Å². The first kappa shape index (κ1) is 20.7. The van der Waals surface area contributed by atoms with E-state index in [0.29, 0.717) is 0 Å². The molecule has 0 heteroatoms. The zero-order chi connectivity index (χ0) is 22.2. The molecule has 4 aliphatic carbocycles. The maximum absolute atomic E-state index is 4.52. The molecule has 0 radical (unpaired) electrons. The van der Waals surface area contributed by atoms with E-state index >= 15 is 0 Å². The van der Waals surface area contributed by atoms with E-state index in [0.717, 1.165) is 31.6 Å². The monoisotopic (exact) mass is 430 g/mol. The Morgan fingerprint density at radius 3 is 2.73 bits per heavy atom. The molecule has 0 bridgehead atoms. The normalized spacial score (nSPS) is 19.5. The highest BCUT2D eigenvalue weighted by atomic mass is 14.3. The first-order valence-electron chi connectivity index (χ1n) is 12.9. The standard InChI is InChI=1S/C33H34/c1-23(31-17-16-26-10-5-6-12-33(26)31)18-28-11-7-13-32(28)30-21-27-15-14-25(20-29(27)22-30)19-24-8-3-2-4-9-24/h5-6,10-16,20,22,24H,1-4,7-9,17-19,21H2. The lowest BCUT2D eigenvalue weighted by molar-refractivity contribution is 0.356. The molecule has 0 nitrogen and oxygen atoms in total. The average Bonchev–Trinajstić information content (AvgIpc) is 3.57. The molecular weight excluding hydrogens is 396 g/mol. The third-order valence-electron chi connectivity index (χ3n) is 8.19. The molecule has 4 aliphatic rings. The van der Waals surface area contributed by atoms with E-state index in [9.17, 15) is 0 Å². The number of allylic oxidation sites excluding steroid dienone is 6. The van der Waals surface area contributed by atoms with Crippen LogP contribution in [0.25, 0.3) is 17.7 Å².